The zero-order valence-electron chi connectivity index (χ0n) is 5.36. The Kier molecular flexibility index (Phi) is 3.05. The minimum atomic E-state index is -0.363. The van der Waals surface area contributed by atoms with Gasteiger partial charge in [0.2, 0.25) is 0 Å². The molecule has 0 saturated heterocycles. The van der Waals surface area contributed by atoms with Gasteiger partial charge >= 0.3 is 76.7 Å². The van der Waals surface area contributed by atoms with E-state index in [1.807, 2.05) is 0 Å². The quantitative estimate of drug-likeness (QED) is 0.465. The van der Waals surface area contributed by atoms with Crippen molar-refractivity contribution in [3.8, 4) is 0 Å². The summed E-state index contributed by atoms with van der Waals surface area (Å²) in [5.74, 6) is 0. The first-order chi connectivity index (χ1) is 5.25. The maximum absolute atomic E-state index is 10.4. The molecule has 0 amide bonds. The molecule has 0 aromatic heterocycles. The van der Waals surface area contributed by atoms with Gasteiger partial charge in [-0.25, -0.2) is 0 Å². The van der Waals surface area contributed by atoms with Gasteiger partial charge in [-0.05, 0) is 0 Å². The van der Waals surface area contributed by atoms with Gasteiger partial charge in [0.15, 0.2) is 0 Å². The molecule has 0 spiro atoms. The van der Waals surface area contributed by atoms with Gasteiger partial charge in [0.1, 0.15) is 0 Å². The number of nitro benzene ring substituents is 1. The number of benzene rings is 1. The van der Waals surface area contributed by atoms with Gasteiger partial charge < -0.3 is 0 Å². The van der Waals surface area contributed by atoms with Crippen molar-refractivity contribution < 1.29 is 4.92 Å². The van der Waals surface area contributed by atoms with Crippen LogP contribution in [0.3, 0.4) is 0 Å². The minimum absolute atomic E-state index is 0.0106. The number of halogens is 1. The summed E-state index contributed by atoms with van der Waals surface area (Å²) in [7, 11) is 0. The van der Waals surface area contributed by atoms with Crippen molar-refractivity contribution >= 4 is 37.4 Å². The zero-order chi connectivity index (χ0) is 8.27. The molecule has 11 heavy (non-hydrogen) atoms. The van der Waals surface area contributed by atoms with Crippen LogP contribution in [0.5, 0.6) is 0 Å². The standard InChI is InChI=1S/C6H4BrNO2Se/c7-11-6-4-2-1-3-5(6)8(9)10/h1-4H. The summed E-state index contributed by atoms with van der Waals surface area (Å²) in [4.78, 5) is 10.0. The Labute approximate surface area is 76.8 Å². The molecule has 1 aromatic rings. The Morgan fingerprint density at radius 3 is 2.55 bits per heavy atom. The Bertz CT molecular complexity index is 279. The number of para-hydroxylation sites is 1. The topological polar surface area (TPSA) is 43.1 Å². The average molecular weight is 281 g/mol. The number of rotatable bonds is 2. The predicted octanol–water partition coefficient (Wildman–Crippen LogP) is 1.23. The fraction of sp³-hybridized carbons (Fsp3) is 0. The molecule has 1 rings (SSSR count). The van der Waals surface area contributed by atoms with E-state index in [1.54, 1.807) is 18.2 Å². The van der Waals surface area contributed by atoms with E-state index in [0.717, 1.165) is 4.46 Å². The maximum atomic E-state index is 10.4. The fourth-order valence-electron chi connectivity index (χ4n) is 0.673. The molecule has 0 aliphatic carbocycles. The van der Waals surface area contributed by atoms with Crippen LogP contribution in [-0.4, -0.2) is 18.1 Å². The predicted molar refractivity (Wildman–Crippen MR) is 47.4 cm³/mol. The second-order valence-electron chi connectivity index (χ2n) is 1.80. The SMILES string of the molecule is O=[N+]([O-])c1ccccc1[Se]Br. The molecule has 0 fully saturated rings. The normalized spacial score (nSPS) is 9.55. The molecule has 5 heteroatoms. The van der Waals surface area contributed by atoms with Gasteiger partial charge in [-0.2, -0.15) is 0 Å². The van der Waals surface area contributed by atoms with Gasteiger partial charge in [0, 0.05) is 0 Å². The van der Waals surface area contributed by atoms with E-state index in [0.29, 0.717) is 0 Å². The summed E-state index contributed by atoms with van der Waals surface area (Å²) in [5, 5.41) is 10.4. The zero-order valence-corrected chi connectivity index (χ0v) is 8.66. The molecule has 3 nitrogen and oxygen atoms in total. The molecule has 0 bridgehead atoms. The van der Waals surface area contributed by atoms with Gasteiger partial charge in [-0.15, -0.1) is 0 Å². The Morgan fingerprint density at radius 1 is 1.45 bits per heavy atom. The summed E-state index contributed by atoms with van der Waals surface area (Å²) >= 11 is 3.25. The Balaban J connectivity index is 3.12. The summed E-state index contributed by atoms with van der Waals surface area (Å²) in [6.07, 6.45) is 0. The molecule has 0 aliphatic heterocycles. The fourth-order valence-corrected chi connectivity index (χ4v) is 2.83. The molecular formula is C6H4BrNO2Se. The van der Waals surface area contributed by atoms with Gasteiger partial charge in [-0.3, -0.25) is 0 Å². The first-order valence-corrected chi connectivity index (χ1v) is 7.64. The Morgan fingerprint density at radius 2 is 2.09 bits per heavy atom. The molecule has 58 valence electrons. The summed E-state index contributed by atoms with van der Waals surface area (Å²) in [5.41, 5.74) is 0.198. The average Bonchev–Trinajstić information content (AvgIpc) is 2.04. The van der Waals surface area contributed by atoms with E-state index in [4.69, 9.17) is 0 Å². The first-order valence-electron chi connectivity index (χ1n) is 2.77. The van der Waals surface area contributed by atoms with Crippen molar-refractivity contribution in [2.75, 3.05) is 0 Å². The van der Waals surface area contributed by atoms with Crippen molar-refractivity contribution in [1.29, 1.82) is 0 Å². The number of nitro groups is 1. The van der Waals surface area contributed by atoms with Crippen LogP contribution in [-0.2, 0) is 0 Å². The number of nitrogens with zero attached hydrogens (tertiary/aromatic N) is 1. The van der Waals surface area contributed by atoms with Crippen molar-refractivity contribution in [2.45, 2.75) is 0 Å². The van der Waals surface area contributed by atoms with Crippen molar-refractivity contribution in [3.05, 3.63) is 34.4 Å². The third-order valence-corrected chi connectivity index (χ3v) is 4.03. The molecule has 0 saturated carbocycles. The van der Waals surface area contributed by atoms with Crippen LogP contribution in [0.4, 0.5) is 5.69 Å². The van der Waals surface area contributed by atoms with E-state index in [2.05, 4.69) is 14.1 Å². The summed E-state index contributed by atoms with van der Waals surface area (Å²) < 4.78 is 0.769. The molecule has 0 N–H and O–H groups in total. The third kappa shape index (κ3) is 2.02. The van der Waals surface area contributed by atoms with E-state index in [1.165, 1.54) is 6.07 Å². The van der Waals surface area contributed by atoms with Gasteiger partial charge in [0.05, 0.1) is 0 Å². The van der Waals surface area contributed by atoms with E-state index in [9.17, 15) is 10.1 Å². The number of hydrogen-bond donors (Lipinski definition) is 0. The molecule has 0 aliphatic rings. The first kappa shape index (κ1) is 8.71. The molecular weight excluding hydrogens is 277 g/mol. The van der Waals surface area contributed by atoms with Gasteiger partial charge in [-0.1, -0.05) is 0 Å². The molecule has 0 radical (unpaired) electrons. The van der Waals surface area contributed by atoms with Crippen molar-refractivity contribution in [1.82, 2.24) is 0 Å². The molecule has 0 heterocycles. The molecule has 1 aromatic carbocycles. The summed E-state index contributed by atoms with van der Waals surface area (Å²) in [6, 6.07) is 6.73. The third-order valence-electron chi connectivity index (χ3n) is 1.15. The van der Waals surface area contributed by atoms with Crippen LogP contribution in [0.1, 0.15) is 0 Å². The molecule has 0 unspecified atom stereocenters. The second kappa shape index (κ2) is 3.85. The van der Waals surface area contributed by atoms with Crippen LogP contribution in [0.15, 0.2) is 24.3 Å². The van der Waals surface area contributed by atoms with Crippen LogP contribution in [0.25, 0.3) is 0 Å². The second-order valence-corrected chi connectivity index (χ2v) is 4.73. The van der Waals surface area contributed by atoms with Crippen LogP contribution in [0.2, 0.25) is 0 Å². The molecule has 0 atom stereocenters. The number of hydrogen-bond acceptors (Lipinski definition) is 2. The Hall–Kier alpha value is -0.381. The van der Waals surface area contributed by atoms with E-state index in [-0.39, 0.29) is 23.8 Å². The van der Waals surface area contributed by atoms with Crippen molar-refractivity contribution in [3.63, 3.8) is 0 Å². The monoisotopic (exact) mass is 281 g/mol. The summed E-state index contributed by atoms with van der Waals surface area (Å²) in [6.45, 7) is 0. The van der Waals surface area contributed by atoms with E-state index < -0.39 is 0 Å². The van der Waals surface area contributed by atoms with Gasteiger partial charge in [0.25, 0.3) is 0 Å². The van der Waals surface area contributed by atoms with Crippen LogP contribution < -0.4 is 4.46 Å². The van der Waals surface area contributed by atoms with Crippen LogP contribution in [0, 0.1) is 10.1 Å². The van der Waals surface area contributed by atoms with Crippen LogP contribution >= 0.6 is 14.1 Å². The van der Waals surface area contributed by atoms with E-state index >= 15 is 0 Å². The van der Waals surface area contributed by atoms with Crippen molar-refractivity contribution in [2.24, 2.45) is 0 Å².